The molecular formula is C20H26ClN5. The predicted molar refractivity (Wildman–Crippen MR) is 108 cm³/mol. The van der Waals surface area contributed by atoms with E-state index in [0.717, 1.165) is 31.5 Å². The van der Waals surface area contributed by atoms with E-state index in [9.17, 15) is 5.26 Å². The zero-order valence-corrected chi connectivity index (χ0v) is 16.1. The van der Waals surface area contributed by atoms with Gasteiger partial charge in [0, 0.05) is 23.3 Å². The third-order valence-corrected chi connectivity index (χ3v) is 4.78. The van der Waals surface area contributed by atoms with Gasteiger partial charge in [0.15, 0.2) is 0 Å². The molecule has 0 amide bonds. The molecule has 0 spiro atoms. The van der Waals surface area contributed by atoms with Crippen LogP contribution in [-0.4, -0.2) is 30.4 Å². The third kappa shape index (κ3) is 4.27. The van der Waals surface area contributed by atoms with Gasteiger partial charge in [0.1, 0.15) is 5.84 Å². The number of halogens is 1. The molecule has 0 saturated carbocycles. The van der Waals surface area contributed by atoms with Crippen molar-refractivity contribution in [2.24, 2.45) is 16.5 Å². The number of nitrogens with two attached hydrogens (primary N) is 2. The molecule has 0 bridgehead atoms. The van der Waals surface area contributed by atoms with Gasteiger partial charge in [-0.2, -0.15) is 5.26 Å². The second kappa shape index (κ2) is 9.42. The van der Waals surface area contributed by atoms with Crippen molar-refractivity contribution in [1.82, 2.24) is 4.90 Å². The van der Waals surface area contributed by atoms with Gasteiger partial charge in [0.05, 0.1) is 23.3 Å². The average molecular weight is 372 g/mol. The minimum absolute atomic E-state index is 0.347. The summed E-state index contributed by atoms with van der Waals surface area (Å²) in [7, 11) is 0. The van der Waals surface area contributed by atoms with Crippen LogP contribution in [0, 0.1) is 11.3 Å². The maximum atomic E-state index is 9.91. The molecule has 26 heavy (non-hydrogen) atoms. The first-order chi connectivity index (χ1) is 12.6. The van der Waals surface area contributed by atoms with Crippen LogP contribution in [-0.2, 0) is 0 Å². The molecule has 0 radical (unpaired) electrons. The number of benzene rings is 1. The molecule has 0 saturated heterocycles. The second-order valence-electron chi connectivity index (χ2n) is 6.32. The highest BCUT2D eigenvalue weighted by Crippen LogP contribution is 2.39. The number of hydrogen-bond acceptors (Lipinski definition) is 5. The molecule has 2 rings (SSSR count). The van der Waals surface area contributed by atoms with E-state index in [2.05, 4.69) is 29.8 Å². The molecule has 1 atom stereocenters. The smallest absolute Gasteiger partial charge is 0.129 e. The third-order valence-electron chi connectivity index (χ3n) is 4.43. The molecule has 138 valence electrons. The standard InChI is InChI=1S/C20H26ClN5/c1-3-9-26(10-4-2)13-18-15(11-22)19(16(12-23)20(24)25-18)14-7-5-6-8-17(14)21/h5-8,12,19H,3-4,9-10,13,23H2,1-2H3,(H2,24,25)/b16-12-. The Morgan fingerprint density at radius 1 is 1.27 bits per heavy atom. The first kappa shape index (κ1) is 20.0. The van der Waals surface area contributed by atoms with Gasteiger partial charge in [-0.05, 0) is 37.6 Å². The van der Waals surface area contributed by atoms with Crippen molar-refractivity contribution in [2.75, 3.05) is 19.6 Å². The number of amidine groups is 1. The summed E-state index contributed by atoms with van der Waals surface area (Å²) >= 11 is 6.41. The molecule has 4 N–H and O–H groups in total. The molecule has 1 aliphatic rings. The highest BCUT2D eigenvalue weighted by atomic mass is 35.5. The van der Waals surface area contributed by atoms with Gasteiger partial charge < -0.3 is 11.5 Å². The van der Waals surface area contributed by atoms with Gasteiger partial charge in [0.25, 0.3) is 0 Å². The molecule has 1 aromatic rings. The van der Waals surface area contributed by atoms with Crippen LogP contribution in [0.5, 0.6) is 0 Å². The normalized spacial score (nSPS) is 19.0. The SMILES string of the molecule is CCCN(CCC)CC1=C(C#N)C(c2ccccc2Cl)/C(=C/N)C(N)=N1. The minimum atomic E-state index is -0.392. The maximum Gasteiger partial charge on any atom is 0.129 e. The lowest BCUT2D eigenvalue weighted by Gasteiger charge is -2.29. The average Bonchev–Trinajstić information content (AvgIpc) is 2.62. The Hall–Kier alpha value is -2.29. The molecule has 0 aliphatic carbocycles. The van der Waals surface area contributed by atoms with Gasteiger partial charge >= 0.3 is 0 Å². The first-order valence-corrected chi connectivity index (χ1v) is 9.31. The number of aliphatic imine (C=N–C) groups is 1. The molecule has 5 nitrogen and oxygen atoms in total. The van der Waals surface area contributed by atoms with Crippen LogP contribution >= 0.6 is 11.6 Å². The Morgan fingerprint density at radius 3 is 2.46 bits per heavy atom. The van der Waals surface area contributed by atoms with Crippen molar-refractivity contribution < 1.29 is 0 Å². The summed E-state index contributed by atoms with van der Waals surface area (Å²) < 4.78 is 0. The zero-order chi connectivity index (χ0) is 19.1. The number of hydrogen-bond donors (Lipinski definition) is 2. The molecule has 1 unspecified atom stereocenters. The van der Waals surface area contributed by atoms with Crippen LogP contribution in [0.25, 0.3) is 0 Å². The van der Waals surface area contributed by atoms with E-state index >= 15 is 0 Å². The molecule has 1 aliphatic heterocycles. The Balaban J connectivity index is 2.54. The quantitative estimate of drug-likeness (QED) is 0.766. The lowest BCUT2D eigenvalue weighted by atomic mass is 9.82. The van der Waals surface area contributed by atoms with E-state index in [-0.39, 0.29) is 0 Å². The van der Waals surface area contributed by atoms with Gasteiger partial charge in [-0.3, -0.25) is 4.90 Å². The zero-order valence-electron chi connectivity index (χ0n) is 15.4. The Labute approximate surface area is 160 Å². The highest BCUT2D eigenvalue weighted by Gasteiger charge is 2.32. The molecular weight excluding hydrogens is 346 g/mol. The van der Waals surface area contributed by atoms with Crippen molar-refractivity contribution in [3.05, 3.63) is 57.9 Å². The summed E-state index contributed by atoms with van der Waals surface area (Å²) in [5.41, 5.74) is 14.7. The summed E-state index contributed by atoms with van der Waals surface area (Å²) in [6.45, 7) is 6.76. The van der Waals surface area contributed by atoms with E-state index in [1.54, 1.807) is 0 Å². The van der Waals surface area contributed by atoms with E-state index < -0.39 is 5.92 Å². The van der Waals surface area contributed by atoms with Crippen molar-refractivity contribution >= 4 is 17.4 Å². The fourth-order valence-corrected chi connectivity index (χ4v) is 3.56. The van der Waals surface area contributed by atoms with Gasteiger partial charge in [-0.25, -0.2) is 4.99 Å². The van der Waals surface area contributed by atoms with Crippen LogP contribution in [0.4, 0.5) is 0 Å². The Morgan fingerprint density at radius 2 is 1.92 bits per heavy atom. The Bertz CT molecular complexity index is 767. The number of allylic oxidation sites excluding steroid dienone is 1. The summed E-state index contributed by atoms with van der Waals surface area (Å²) in [6, 6.07) is 9.81. The minimum Gasteiger partial charge on any atom is -0.404 e. The van der Waals surface area contributed by atoms with E-state index in [1.165, 1.54) is 6.20 Å². The van der Waals surface area contributed by atoms with Crippen LogP contribution in [0.3, 0.4) is 0 Å². The van der Waals surface area contributed by atoms with Crippen LogP contribution < -0.4 is 11.5 Å². The fourth-order valence-electron chi connectivity index (χ4n) is 3.32. The Kier molecular flexibility index (Phi) is 7.26. The number of rotatable bonds is 7. The predicted octanol–water partition coefficient (Wildman–Crippen LogP) is 3.54. The van der Waals surface area contributed by atoms with Crippen molar-refractivity contribution in [2.45, 2.75) is 32.6 Å². The monoisotopic (exact) mass is 371 g/mol. The van der Waals surface area contributed by atoms with Crippen LogP contribution in [0.2, 0.25) is 5.02 Å². The van der Waals surface area contributed by atoms with Gasteiger partial charge in [-0.1, -0.05) is 43.6 Å². The molecule has 1 aromatic carbocycles. The lowest BCUT2D eigenvalue weighted by Crippen LogP contribution is -2.32. The van der Waals surface area contributed by atoms with Crippen LogP contribution in [0.15, 0.2) is 52.3 Å². The van der Waals surface area contributed by atoms with Gasteiger partial charge in [0.2, 0.25) is 0 Å². The summed E-state index contributed by atoms with van der Waals surface area (Å²) in [4.78, 5) is 6.81. The molecule has 6 heteroatoms. The van der Waals surface area contributed by atoms with Crippen molar-refractivity contribution in [1.29, 1.82) is 5.26 Å². The van der Waals surface area contributed by atoms with E-state index in [0.29, 0.717) is 34.2 Å². The lowest BCUT2D eigenvalue weighted by molar-refractivity contribution is 0.295. The van der Waals surface area contributed by atoms with E-state index in [1.807, 2.05) is 24.3 Å². The molecule has 1 heterocycles. The van der Waals surface area contributed by atoms with E-state index in [4.69, 9.17) is 23.1 Å². The maximum absolute atomic E-state index is 9.91. The van der Waals surface area contributed by atoms with Crippen LogP contribution in [0.1, 0.15) is 38.2 Å². The largest absolute Gasteiger partial charge is 0.404 e. The van der Waals surface area contributed by atoms with Crippen molar-refractivity contribution in [3.8, 4) is 6.07 Å². The molecule has 0 aromatic heterocycles. The second-order valence-corrected chi connectivity index (χ2v) is 6.73. The molecule has 0 fully saturated rings. The number of nitrogens with zero attached hydrogens (tertiary/aromatic N) is 3. The van der Waals surface area contributed by atoms with Crippen molar-refractivity contribution in [3.63, 3.8) is 0 Å². The topological polar surface area (TPSA) is 91.4 Å². The summed E-state index contributed by atoms with van der Waals surface area (Å²) in [6.07, 6.45) is 3.50. The fraction of sp³-hybridized carbons (Fsp3) is 0.400. The first-order valence-electron chi connectivity index (χ1n) is 8.93. The van der Waals surface area contributed by atoms with Gasteiger partial charge in [-0.15, -0.1) is 0 Å². The summed E-state index contributed by atoms with van der Waals surface area (Å²) in [5, 5.41) is 10.5. The summed E-state index contributed by atoms with van der Waals surface area (Å²) in [5.74, 6) is -0.0457. The number of nitriles is 1. The highest BCUT2D eigenvalue weighted by molar-refractivity contribution is 6.31.